The van der Waals surface area contributed by atoms with Crippen LogP contribution in [0, 0.1) is 11.3 Å². The second-order valence-corrected chi connectivity index (χ2v) is 4.91. The van der Waals surface area contributed by atoms with Crippen LogP contribution in [0.5, 0.6) is 0 Å². The average molecular weight is 299 g/mol. The van der Waals surface area contributed by atoms with E-state index in [0.29, 0.717) is 22.5 Å². The van der Waals surface area contributed by atoms with Gasteiger partial charge in [-0.15, -0.1) is 0 Å². The minimum Gasteiger partial charge on any atom is -0.320 e. The van der Waals surface area contributed by atoms with Crippen LogP contribution in [-0.2, 0) is 0 Å². The summed E-state index contributed by atoms with van der Waals surface area (Å²) in [4.78, 5) is 16.8. The van der Waals surface area contributed by atoms with Crippen molar-refractivity contribution >= 4 is 11.6 Å². The monoisotopic (exact) mass is 299 g/mol. The molecule has 0 radical (unpaired) electrons. The molecule has 3 aromatic rings. The van der Waals surface area contributed by atoms with Crippen LogP contribution in [0.25, 0.3) is 11.3 Å². The summed E-state index contributed by atoms with van der Waals surface area (Å²) in [6.07, 6.45) is 1.69. The van der Waals surface area contributed by atoms with Crippen LogP contribution in [0.15, 0.2) is 72.9 Å². The number of amides is 1. The first-order valence-corrected chi connectivity index (χ1v) is 7.10. The predicted molar refractivity (Wildman–Crippen MR) is 88.8 cm³/mol. The molecule has 0 spiro atoms. The van der Waals surface area contributed by atoms with Crippen molar-refractivity contribution in [1.82, 2.24) is 4.98 Å². The lowest BCUT2D eigenvalue weighted by molar-refractivity contribution is 0.102. The molecule has 0 atom stereocenters. The van der Waals surface area contributed by atoms with Crippen LogP contribution < -0.4 is 5.32 Å². The molecule has 0 aliphatic rings. The maximum atomic E-state index is 12.4. The van der Waals surface area contributed by atoms with Crippen molar-refractivity contribution in [3.63, 3.8) is 0 Å². The van der Waals surface area contributed by atoms with Crippen molar-refractivity contribution in [3.8, 4) is 17.3 Å². The summed E-state index contributed by atoms with van der Waals surface area (Å²) in [6.45, 7) is 0. The third kappa shape index (κ3) is 3.25. The van der Waals surface area contributed by atoms with Gasteiger partial charge in [-0.1, -0.05) is 36.4 Å². The van der Waals surface area contributed by atoms with Crippen molar-refractivity contribution in [2.75, 3.05) is 5.32 Å². The summed E-state index contributed by atoms with van der Waals surface area (Å²) in [5.74, 6) is -0.271. The first kappa shape index (κ1) is 14.5. The van der Waals surface area contributed by atoms with E-state index in [2.05, 4.69) is 10.3 Å². The van der Waals surface area contributed by atoms with E-state index in [1.807, 2.05) is 36.4 Å². The number of nitrogens with zero attached hydrogens (tertiary/aromatic N) is 2. The van der Waals surface area contributed by atoms with Crippen LogP contribution >= 0.6 is 0 Å². The molecule has 4 heteroatoms. The highest BCUT2D eigenvalue weighted by Gasteiger charge is 2.11. The number of carbonyl (C=O) groups excluding carboxylic acids is 1. The molecule has 0 fully saturated rings. The molecule has 0 aliphatic heterocycles. The van der Waals surface area contributed by atoms with Gasteiger partial charge in [0.25, 0.3) is 5.91 Å². The summed E-state index contributed by atoms with van der Waals surface area (Å²) in [5, 5.41) is 11.8. The van der Waals surface area contributed by atoms with E-state index >= 15 is 0 Å². The Morgan fingerprint density at radius 3 is 2.61 bits per heavy atom. The summed E-state index contributed by atoms with van der Waals surface area (Å²) in [7, 11) is 0. The Labute approximate surface area is 134 Å². The first-order chi connectivity index (χ1) is 11.3. The predicted octanol–water partition coefficient (Wildman–Crippen LogP) is 3.87. The number of hydrogen-bond acceptors (Lipinski definition) is 3. The van der Waals surface area contributed by atoms with Crippen LogP contribution in [-0.4, -0.2) is 10.9 Å². The van der Waals surface area contributed by atoms with Gasteiger partial charge in [0.05, 0.1) is 23.0 Å². The number of benzene rings is 2. The zero-order valence-electron chi connectivity index (χ0n) is 12.2. The van der Waals surface area contributed by atoms with Gasteiger partial charge in [-0.3, -0.25) is 9.78 Å². The van der Waals surface area contributed by atoms with Gasteiger partial charge < -0.3 is 5.32 Å². The molecule has 1 aromatic heterocycles. The second-order valence-electron chi connectivity index (χ2n) is 4.91. The van der Waals surface area contributed by atoms with E-state index in [1.54, 1.807) is 42.6 Å². The number of hydrogen-bond donors (Lipinski definition) is 1. The Hall–Kier alpha value is -3.45. The molecular weight excluding hydrogens is 286 g/mol. The molecule has 1 heterocycles. The van der Waals surface area contributed by atoms with Gasteiger partial charge in [0, 0.05) is 17.3 Å². The van der Waals surface area contributed by atoms with E-state index in [0.717, 1.165) is 5.56 Å². The highest BCUT2D eigenvalue weighted by atomic mass is 16.1. The zero-order valence-corrected chi connectivity index (χ0v) is 12.2. The topological polar surface area (TPSA) is 65.8 Å². The number of nitriles is 1. The summed E-state index contributed by atoms with van der Waals surface area (Å²) in [5.41, 5.74) is 3.15. The van der Waals surface area contributed by atoms with E-state index in [9.17, 15) is 4.79 Å². The Bertz CT molecular complexity index is 882. The van der Waals surface area contributed by atoms with Crippen molar-refractivity contribution < 1.29 is 4.79 Å². The molecule has 4 nitrogen and oxygen atoms in total. The molecule has 1 N–H and O–H groups in total. The fourth-order valence-electron chi connectivity index (χ4n) is 2.26. The van der Waals surface area contributed by atoms with Crippen LogP contribution in [0.1, 0.15) is 15.9 Å². The van der Waals surface area contributed by atoms with E-state index in [-0.39, 0.29) is 5.91 Å². The molecule has 0 bridgehead atoms. The van der Waals surface area contributed by atoms with Crippen LogP contribution in [0.4, 0.5) is 5.69 Å². The third-order valence-corrected chi connectivity index (χ3v) is 3.36. The molecule has 0 saturated carbocycles. The number of rotatable bonds is 3. The standard InChI is InChI=1S/C19H13N3O/c20-13-14-6-4-9-16(12-14)19(23)22-17-10-5-11-21-18(17)15-7-2-1-3-8-15/h1-12H,(H,22,23). The summed E-state index contributed by atoms with van der Waals surface area (Å²) >= 11 is 0. The zero-order chi connectivity index (χ0) is 16.1. The van der Waals surface area contributed by atoms with Crippen molar-refractivity contribution in [1.29, 1.82) is 5.26 Å². The highest BCUT2D eigenvalue weighted by Crippen LogP contribution is 2.25. The number of aromatic nitrogens is 1. The third-order valence-electron chi connectivity index (χ3n) is 3.36. The minimum atomic E-state index is -0.271. The summed E-state index contributed by atoms with van der Waals surface area (Å²) < 4.78 is 0. The molecule has 0 unspecified atom stereocenters. The lowest BCUT2D eigenvalue weighted by atomic mass is 10.1. The van der Waals surface area contributed by atoms with Crippen molar-refractivity contribution in [3.05, 3.63) is 84.1 Å². The Kier molecular flexibility index (Phi) is 4.12. The van der Waals surface area contributed by atoms with Gasteiger partial charge in [0.1, 0.15) is 0 Å². The van der Waals surface area contributed by atoms with Gasteiger partial charge in [-0.05, 0) is 30.3 Å². The second kappa shape index (κ2) is 6.54. The fraction of sp³-hybridized carbons (Fsp3) is 0. The molecular formula is C19H13N3O. The molecule has 2 aromatic carbocycles. The first-order valence-electron chi connectivity index (χ1n) is 7.10. The van der Waals surface area contributed by atoms with Gasteiger partial charge in [0.15, 0.2) is 0 Å². The lowest BCUT2D eigenvalue weighted by Gasteiger charge is -2.10. The molecule has 110 valence electrons. The number of pyridine rings is 1. The Balaban J connectivity index is 1.92. The van der Waals surface area contributed by atoms with Crippen molar-refractivity contribution in [2.24, 2.45) is 0 Å². The average Bonchev–Trinajstić information content (AvgIpc) is 2.63. The largest absolute Gasteiger partial charge is 0.320 e. The molecule has 23 heavy (non-hydrogen) atoms. The fourth-order valence-corrected chi connectivity index (χ4v) is 2.26. The Morgan fingerprint density at radius 2 is 1.83 bits per heavy atom. The van der Waals surface area contributed by atoms with Gasteiger partial charge in [-0.25, -0.2) is 0 Å². The van der Waals surface area contributed by atoms with Crippen LogP contribution in [0.2, 0.25) is 0 Å². The van der Waals surface area contributed by atoms with Gasteiger partial charge >= 0.3 is 0 Å². The minimum absolute atomic E-state index is 0.271. The van der Waals surface area contributed by atoms with Gasteiger partial charge in [-0.2, -0.15) is 5.26 Å². The van der Waals surface area contributed by atoms with Gasteiger partial charge in [0.2, 0.25) is 0 Å². The highest BCUT2D eigenvalue weighted by molar-refractivity contribution is 6.06. The SMILES string of the molecule is N#Cc1cccc(C(=O)Nc2cccnc2-c2ccccc2)c1. The van der Waals surface area contributed by atoms with E-state index < -0.39 is 0 Å². The summed E-state index contributed by atoms with van der Waals surface area (Å²) in [6, 6.07) is 21.9. The maximum Gasteiger partial charge on any atom is 0.255 e. The van der Waals surface area contributed by atoms with Crippen molar-refractivity contribution in [2.45, 2.75) is 0 Å². The molecule has 3 rings (SSSR count). The molecule has 0 saturated heterocycles. The van der Waals surface area contributed by atoms with E-state index in [1.165, 1.54) is 0 Å². The smallest absolute Gasteiger partial charge is 0.255 e. The Morgan fingerprint density at radius 1 is 1.00 bits per heavy atom. The number of anilines is 1. The molecule has 0 aliphatic carbocycles. The maximum absolute atomic E-state index is 12.4. The number of nitrogens with one attached hydrogen (secondary N) is 1. The van der Waals surface area contributed by atoms with Crippen LogP contribution in [0.3, 0.4) is 0 Å². The van der Waals surface area contributed by atoms with E-state index in [4.69, 9.17) is 5.26 Å². The lowest BCUT2D eigenvalue weighted by Crippen LogP contribution is -2.13. The molecule has 1 amide bonds. The normalized spacial score (nSPS) is 9.87. The quantitative estimate of drug-likeness (QED) is 0.798. The number of carbonyl (C=O) groups is 1.